The van der Waals surface area contributed by atoms with Crippen molar-refractivity contribution in [2.45, 2.75) is 27.2 Å². The van der Waals surface area contributed by atoms with Gasteiger partial charge in [-0.1, -0.05) is 56.3 Å². The molecule has 1 aromatic rings. The third-order valence-electron chi connectivity index (χ3n) is 2.26. The van der Waals surface area contributed by atoms with E-state index in [0.29, 0.717) is 0 Å². The summed E-state index contributed by atoms with van der Waals surface area (Å²) in [5, 5.41) is 0. The molecule has 2 rings (SSSR count). The smallest absolute Gasteiger partial charge is 0.00883 e. The first-order valence-corrected chi connectivity index (χ1v) is 5.29. The summed E-state index contributed by atoms with van der Waals surface area (Å²) in [6.45, 7) is 6.16. The fourth-order valence-electron chi connectivity index (χ4n) is 1.58. The molecule has 0 aliphatic heterocycles. The fourth-order valence-corrected chi connectivity index (χ4v) is 1.58. The summed E-state index contributed by atoms with van der Waals surface area (Å²) in [7, 11) is 0. The van der Waals surface area contributed by atoms with Crippen LogP contribution in [-0.4, -0.2) is 0 Å². The van der Waals surface area contributed by atoms with Gasteiger partial charge in [0.1, 0.15) is 0 Å². The summed E-state index contributed by atoms with van der Waals surface area (Å²) in [5.74, 6) is 0. The van der Waals surface area contributed by atoms with Gasteiger partial charge in [0.2, 0.25) is 0 Å². The Hall–Kier alpha value is -1.30. The zero-order valence-electron chi connectivity index (χ0n) is 9.25. The Labute approximate surface area is 87.0 Å². The van der Waals surface area contributed by atoms with Gasteiger partial charge in [-0.3, -0.25) is 0 Å². The molecule has 0 aromatic heterocycles. The summed E-state index contributed by atoms with van der Waals surface area (Å²) in [4.78, 5) is 0. The van der Waals surface area contributed by atoms with E-state index in [1.807, 2.05) is 13.8 Å². The Bertz CT molecular complexity index is 343. The maximum absolute atomic E-state index is 2.20. The molecule has 0 heteroatoms. The molecule has 0 saturated carbocycles. The van der Waals surface area contributed by atoms with Crippen molar-refractivity contribution >= 4 is 5.57 Å². The number of fused-ring (bicyclic) bond motifs is 1. The molecule has 1 aliphatic rings. The van der Waals surface area contributed by atoms with Crippen molar-refractivity contribution < 1.29 is 0 Å². The van der Waals surface area contributed by atoms with Crippen molar-refractivity contribution in [2.75, 3.05) is 0 Å². The van der Waals surface area contributed by atoms with Gasteiger partial charge >= 0.3 is 0 Å². The predicted molar refractivity (Wildman–Crippen MR) is 64.3 cm³/mol. The van der Waals surface area contributed by atoms with Gasteiger partial charge in [0, 0.05) is 0 Å². The highest BCUT2D eigenvalue weighted by Crippen LogP contribution is 2.21. The van der Waals surface area contributed by atoms with Crippen LogP contribution in [0.2, 0.25) is 0 Å². The molecule has 74 valence electrons. The van der Waals surface area contributed by atoms with Crippen LogP contribution in [0, 0.1) is 0 Å². The molecule has 0 heterocycles. The van der Waals surface area contributed by atoms with Gasteiger partial charge < -0.3 is 0 Å². The Morgan fingerprint density at radius 3 is 2.57 bits per heavy atom. The SMILES string of the molecule is CC.CC1=CC=CCc2ccccc21. The first-order valence-electron chi connectivity index (χ1n) is 5.29. The minimum Gasteiger partial charge on any atom is -0.0801 e. The van der Waals surface area contributed by atoms with E-state index < -0.39 is 0 Å². The topological polar surface area (TPSA) is 0 Å². The van der Waals surface area contributed by atoms with Gasteiger partial charge in [0.05, 0.1) is 0 Å². The average Bonchev–Trinajstić information content (AvgIpc) is 2.45. The van der Waals surface area contributed by atoms with Crippen LogP contribution in [0.1, 0.15) is 31.9 Å². The highest BCUT2D eigenvalue weighted by molar-refractivity contribution is 5.69. The molecule has 14 heavy (non-hydrogen) atoms. The van der Waals surface area contributed by atoms with Crippen LogP contribution < -0.4 is 0 Å². The summed E-state index contributed by atoms with van der Waals surface area (Å²) in [6.07, 6.45) is 7.57. The Kier molecular flexibility index (Phi) is 4.18. The van der Waals surface area contributed by atoms with Gasteiger partial charge in [0.15, 0.2) is 0 Å². The lowest BCUT2D eigenvalue weighted by Gasteiger charge is -2.04. The molecule has 0 nitrogen and oxygen atoms in total. The van der Waals surface area contributed by atoms with Gasteiger partial charge in [-0.15, -0.1) is 0 Å². The van der Waals surface area contributed by atoms with E-state index in [1.165, 1.54) is 16.7 Å². The van der Waals surface area contributed by atoms with E-state index in [1.54, 1.807) is 0 Å². The number of rotatable bonds is 0. The molecule has 0 bridgehead atoms. The van der Waals surface area contributed by atoms with Crippen molar-refractivity contribution in [3.8, 4) is 0 Å². The van der Waals surface area contributed by atoms with Crippen LogP contribution in [0.25, 0.3) is 5.57 Å². The van der Waals surface area contributed by atoms with Crippen LogP contribution in [0.3, 0.4) is 0 Å². The maximum Gasteiger partial charge on any atom is -0.00883 e. The molecule has 0 unspecified atom stereocenters. The average molecular weight is 186 g/mol. The number of hydrogen-bond donors (Lipinski definition) is 0. The summed E-state index contributed by atoms with van der Waals surface area (Å²) >= 11 is 0. The maximum atomic E-state index is 2.20. The second-order valence-corrected chi connectivity index (χ2v) is 3.14. The van der Waals surface area contributed by atoms with Crippen LogP contribution in [0.4, 0.5) is 0 Å². The van der Waals surface area contributed by atoms with E-state index in [9.17, 15) is 0 Å². The first-order chi connectivity index (χ1) is 6.88. The van der Waals surface area contributed by atoms with Crippen molar-refractivity contribution in [3.05, 3.63) is 53.6 Å². The zero-order chi connectivity index (χ0) is 10.4. The van der Waals surface area contributed by atoms with Gasteiger partial charge in [-0.2, -0.15) is 0 Å². The Balaban J connectivity index is 0.000000461. The lowest BCUT2D eigenvalue weighted by atomic mass is 10.0. The summed E-state index contributed by atoms with van der Waals surface area (Å²) in [5.41, 5.74) is 4.18. The monoisotopic (exact) mass is 186 g/mol. The molecule has 0 N–H and O–H groups in total. The van der Waals surface area contributed by atoms with Crippen LogP contribution >= 0.6 is 0 Å². The molecule has 0 radical (unpaired) electrons. The quantitative estimate of drug-likeness (QED) is 0.569. The number of benzene rings is 1. The van der Waals surface area contributed by atoms with Crippen molar-refractivity contribution in [3.63, 3.8) is 0 Å². The highest BCUT2D eigenvalue weighted by atomic mass is 14.1. The molecule has 0 atom stereocenters. The zero-order valence-corrected chi connectivity index (χ0v) is 9.25. The first kappa shape index (κ1) is 10.8. The predicted octanol–water partition coefficient (Wildman–Crippen LogP) is 4.23. The minimum absolute atomic E-state index is 1.06. The van der Waals surface area contributed by atoms with Crippen molar-refractivity contribution in [1.82, 2.24) is 0 Å². The van der Waals surface area contributed by atoms with E-state index >= 15 is 0 Å². The third kappa shape index (κ3) is 2.35. The van der Waals surface area contributed by atoms with Crippen LogP contribution in [0.15, 0.2) is 42.5 Å². The van der Waals surface area contributed by atoms with Crippen LogP contribution in [0.5, 0.6) is 0 Å². The number of hydrogen-bond acceptors (Lipinski definition) is 0. The van der Waals surface area contributed by atoms with Crippen molar-refractivity contribution in [1.29, 1.82) is 0 Å². The largest absolute Gasteiger partial charge is 0.0801 e. The second kappa shape index (κ2) is 5.43. The van der Waals surface area contributed by atoms with E-state index in [-0.39, 0.29) is 0 Å². The normalized spacial score (nSPS) is 13.2. The lowest BCUT2D eigenvalue weighted by molar-refractivity contribution is 1.26. The molecule has 1 aromatic carbocycles. The Morgan fingerprint density at radius 2 is 1.79 bits per heavy atom. The summed E-state index contributed by atoms with van der Waals surface area (Å²) in [6, 6.07) is 8.59. The molecule has 0 saturated heterocycles. The molecule has 0 spiro atoms. The minimum atomic E-state index is 1.06. The third-order valence-corrected chi connectivity index (χ3v) is 2.26. The van der Waals surface area contributed by atoms with E-state index in [0.717, 1.165) is 6.42 Å². The Morgan fingerprint density at radius 1 is 1.07 bits per heavy atom. The molecular weight excluding hydrogens is 168 g/mol. The fraction of sp³-hybridized carbons (Fsp3) is 0.286. The molecule has 0 fully saturated rings. The standard InChI is InChI=1S/C12H12.C2H6/c1-10-6-2-3-7-11-8-4-5-9-12(10)11;1-2/h2-6,8-9H,7H2,1H3;1-2H3. The van der Waals surface area contributed by atoms with E-state index in [2.05, 4.69) is 49.4 Å². The summed E-state index contributed by atoms with van der Waals surface area (Å²) < 4.78 is 0. The van der Waals surface area contributed by atoms with Gasteiger partial charge in [0.25, 0.3) is 0 Å². The molecule has 1 aliphatic carbocycles. The van der Waals surface area contributed by atoms with E-state index in [4.69, 9.17) is 0 Å². The number of allylic oxidation sites excluding steroid dienone is 4. The molecule has 0 amide bonds. The van der Waals surface area contributed by atoms with Crippen molar-refractivity contribution in [2.24, 2.45) is 0 Å². The van der Waals surface area contributed by atoms with Gasteiger partial charge in [-0.05, 0) is 30.0 Å². The lowest BCUT2D eigenvalue weighted by Crippen LogP contribution is -1.87. The van der Waals surface area contributed by atoms with Gasteiger partial charge in [-0.25, -0.2) is 0 Å². The molecular formula is C14H18. The highest BCUT2D eigenvalue weighted by Gasteiger charge is 2.02. The second-order valence-electron chi connectivity index (χ2n) is 3.14. The van der Waals surface area contributed by atoms with Crippen LogP contribution in [-0.2, 0) is 6.42 Å².